The smallest absolute Gasteiger partial charge is 0.330 e. The fourth-order valence-corrected chi connectivity index (χ4v) is 3.38. The van der Waals surface area contributed by atoms with E-state index in [1.165, 1.54) is 16.5 Å². The molecule has 0 aliphatic rings. The maximum Gasteiger partial charge on any atom is 0.330 e. The van der Waals surface area contributed by atoms with Crippen LogP contribution in [-0.4, -0.2) is 29.1 Å². The first-order valence-electron chi connectivity index (χ1n) is 9.91. The number of anilines is 2. The van der Waals surface area contributed by atoms with Gasteiger partial charge in [0.15, 0.2) is 5.69 Å². The molecule has 0 radical (unpaired) electrons. The van der Waals surface area contributed by atoms with E-state index in [0.717, 1.165) is 22.4 Å². The molecule has 3 rings (SSSR count). The van der Waals surface area contributed by atoms with Crippen molar-refractivity contribution in [1.29, 1.82) is 0 Å². The number of carbonyl (C=O) groups excluding carboxylic acids is 1. The molecule has 1 amide bonds. The summed E-state index contributed by atoms with van der Waals surface area (Å²) in [6.07, 6.45) is 0.0426. The van der Waals surface area contributed by atoms with Crippen LogP contribution in [0.3, 0.4) is 0 Å². The summed E-state index contributed by atoms with van der Waals surface area (Å²) in [6, 6.07) is 15.0. The van der Waals surface area contributed by atoms with E-state index in [2.05, 4.69) is 4.98 Å². The van der Waals surface area contributed by atoms with Crippen LogP contribution in [0.25, 0.3) is 0 Å². The van der Waals surface area contributed by atoms with Crippen LogP contribution >= 0.6 is 0 Å². The summed E-state index contributed by atoms with van der Waals surface area (Å²) < 4.78 is 7.03. The van der Waals surface area contributed by atoms with Crippen molar-refractivity contribution in [2.75, 3.05) is 24.3 Å². The number of hydrogen-bond acceptors (Lipinski definition) is 5. The van der Waals surface area contributed by atoms with Gasteiger partial charge < -0.3 is 15.4 Å². The lowest BCUT2D eigenvalue weighted by molar-refractivity contribution is -0.118. The van der Waals surface area contributed by atoms with Crippen LogP contribution in [0.1, 0.15) is 23.1 Å². The van der Waals surface area contributed by atoms with E-state index >= 15 is 0 Å². The summed E-state index contributed by atoms with van der Waals surface area (Å²) in [6.45, 7) is 4.20. The molecular weight excluding hydrogens is 396 g/mol. The van der Waals surface area contributed by atoms with Crippen molar-refractivity contribution in [3.05, 3.63) is 86.1 Å². The summed E-state index contributed by atoms with van der Waals surface area (Å²) in [7, 11) is 1.46. The third-order valence-corrected chi connectivity index (χ3v) is 5.08. The van der Waals surface area contributed by atoms with E-state index in [1.807, 2.05) is 62.4 Å². The van der Waals surface area contributed by atoms with Crippen LogP contribution in [0.4, 0.5) is 11.5 Å². The Hall–Kier alpha value is -3.81. The molecule has 0 atom stereocenters. The SMILES string of the molecule is Cc1cccc(C)c1OCCC(=O)N(C)c1c(N)n(Cc2ccccc2)c(=O)[nH]c1=O. The predicted octanol–water partition coefficient (Wildman–Crippen LogP) is 2.22. The van der Waals surface area contributed by atoms with E-state index < -0.39 is 11.2 Å². The number of para-hydroxylation sites is 1. The van der Waals surface area contributed by atoms with Gasteiger partial charge in [0.2, 0.25) is 5.91 Å². The lowest BCUT2D eigenvalue weighted by Crippen LogP contribution is -2.39. The van der Waals surface area contributed by atoms with Gasteiger partial charge in [-0.3, -0.25) is 19.1 Å². The van der Waals surface area contributed by atoms with Gasteiger partial charge >= 0.3 is 5.69 Å². The molecule has 0 saturated heterocycles. The molecule has 1 aromatic heterocycles. The van der Waals surface area contributed by atoms with Crippen molar-refractivity contribution in [2.45, 2.75) is 26.8 Å². The second kappa shape index (κ2) is 9.34. The molecule has 162 valence electrons. The molecule has 3 N–H and O–H groups in total. The number of carbonyl (C=O) groups is 1. The van der Waals surface area contributed by atoms with Gasteiger partial charge in [0.25, 0.3) is 5.56 Å². The average molecular weight is 422 g/mol. The number of aromatic amines is 1. The summed E-state index contributed by atoms with van der Waals surface area (Å²) in [5.41, 5.74) is 7.55. The zero-order chi connectivity index (χ0) is 22.5. The molecular formula is C23H26N4O4. The van der Waals surface area contributed by atoms with Gasteiger partial charge in [-0.2, -0.15) is 0 Å². The molecule has 8 heteroatoms. The first-order valence-corrected chi connectivity index (χ1v) is 9.91. The highest BCUT2D eigenvalue weighted by atomic mass is 16.5. The van der Waals surface area contributed by atoms with Gasteiger partial charge in [0, 0.05) is 7.05 Å². The Bertz CT molecular complexity index is 1180. The molecule has 0 spiro atoms. The Balaban J connectivity index is 1.78. The number of rotatable bonds is 7. The molecule has 0 aliphatic carbocycles. The summed E-state index contributed by atoms with van der Waals surface area (Å²) in [4.78, 5) is 40.9. The van der Waals surface area contributed by atoms with Crippen molar-refractivity contribution >= 4 is 17.4 Å². The highest BCUT2D eigenvalue weighted by Crippen LogP contribution is 2.23. The zero-order valence-electron chi connectivity index (χ0n) is 17.8. The van der Waals surface area contributed by atoms with Gasteiger partial charge in [-0.1, -0.05) is 48.5 Å². The maximum atomic E-state index is 12.7. The number of nitrogens with zero attached hydrogens (tertiary/aromatic N) is 2. The number of H-pyrrole nitrogens is 1. The Morgan fingerprint density at radius 2 is 1.71 bits per heavy atom. The normalized spacial score (nSPS) is 10.7. The van der Waals surface area contributed by atoms with E-state index in [4.69, 9.17) is 10.5 Å². The van der Waals surface area contributed by atoms with Crippen molar-refractivity contribution in [3.63, 3.8) is 0 Å². The molecule has 3 aromatic rings. The summed E-state index contributed by atoms with van der Waals surface area (Å²) in [5.74, 6) is 0.323. The fourth-order valence-electron chi connectivity index (χ4n) is 3.38. The van der Waals surface area contributed by atoms with Crippen LogP contribution in [0.5, 0.6) is 5.75 Å². The van der Waals surface area contributed by atoms with Crippen molar-refractivity contribution in [3.8, 4) is 5.75 Å². The van der Waals surface area contributed by atoms with Gasteiger partial charge in [-0.15, -0.1) is 0 Å². The number of nitrogens with two attached hydrogens (primary N) is 1. The largest absolute Gasteiger partial charge is 0.493 e. The number of ether oxygens (including phenoxy) is 1. The number of amides is 1. The highest BCUT2D eigenvalue weighted by Gasteiger charge is 2.21. The molecule has 8 nitrogen and oxygen atoms in total. The number of aryl methyl sites for hydroxylation is 2. The average Bonchev–Trinajstić information content (AvgIpc) is 2.73. The zero-order valence-corrected chi connectivity index (χ0v) is 17.8. The maximum absolute atomic E-state index is 12.7. The third-order valence-electron chi connectivity index (χ3n) is 5.08. The van der Waals surface area contributed by atoms with Gasteiger partial charge in [0.05, 0.1) is 19.6 Å². The van der Waals surface area contributed by atoms with Crippen LogP contribution < -0.4 is 26.6 Å². The Morgan fingerprint density at radius 3 is 2.35 bits per heavy atom. The molecule has 2 aromatic carbocycles. The number of hydrogen-bond donors (Lipinski definition) is 2. The topological polar surface area (TPSA) is 110 Å². The Labute approximate surface area is 179 Å². The molecule has 0 bridgehead atoms. The minimum atomic E-state index is -0.710. The van der Waals surface area contributed by atoms with Crippen LogP contribution in [0.2, 0.25) is 0 Å². The van der Waals surface area contributed by atoms with Gasteiger partial charge in [0.1, 0.15) is 11.6 Å². The highest BCUT2D eigenvalue weighted by molar-refractivity contribution is 5.95. The first-order chi connectivity index (χ1) is 14.8. The predicted molar refractivity (Wildman–Crippen MR) is 121 cm³/mol. The number of benzene rings is 2. The molecule has 0 unspecified atom stereocenters. The van der Waals surface area contributed by atoms with E-state index in [0.29, 0.717) is 0 Å². The van der Waals surface area contributed by atoms with Crippen molar-refractivity contribution in [2.24, 2.45) is 0 Å². The molecule has 1 heterocycles. The Morgan fingerprint density at radius 1 is 1.06 bits per heavy atom. The standard InChI is InChI=1S/C23H26N4O4/c1-15-8-7-9-16(2)20(15)31-13-12-18(28)26(3)19-21(24)27(23(30)25-22(19)29)14-17-10-5-4-6-11-17/h4-11H,12-14,24H2,1-3H3,(H,25,29,30). The van der Waals surface area contributed by atoms with Crippen molar-refractivity contribution < 1.29 is 9.53 Å². The first kappa shape index (κ1) is 21.9. The van der Waals surface area contributed by atoms with Crippen LogP contribution in [0.15, 0.2) is 58.1 Å². The molecule has 0 saturated carbocycles. The summed E-state index contributed by atoms with van der Waals surface area (Å²) in [5, 5.41) is 0. The van der Waals surface area contributed by atoms with E-state index in [9.17, 15) is 14.4 Å². The van der Waals surface area contributed by atoms with Crippen LogP contribution in [0, 0.1) is 13.8 Å². The quantitative estimate of drug-likeness (QED) is 0.607. The van der Waals surface area contributed by atoms with Crippen molar-refractivity contribution in [1.82, 2.24) is 9.55 Å². The number of nitrogens with one attached hydrogen (secondary N) is 1. The minimum absolute atomic E-state index is 0.0426. The van der Waals surface area contributed by atoms with Gasteiger partial charge in [-0.25, -0.2) is 4.79 Å². The van der Waals surface area contributed by atoms with E-state index in [1.54, 1.807) is 0 Å². The van der Waals surface area contributed by atoms with Crippen LogP contribution in [-0.2, 0) is 11.3 Å². The van der Waals surface area contributed by atoms with Gasteiger partial charge in [-0.05, 0) is 30.5 Å². The monoisotopic (exact) mass is 422 g/mol. The minimum Gasteiger partial charge on any atom is -0.493 e. The summed E-state index contributed by atoms with van der Waals surface area (Å²) >= 11 is 0. The molecule has 31 heavy (non-hydrogen) atoms. The lowest BCUT2D eigenvalue weighted by Gasteiger charge is -2.21. The molecule has 0 aliphatic heterocycles. The Kier molecular flexibility index (Phi) is 6.59. The third kappa shape index (κ3) is 4.85. The molecule has 0 fully saturated rings. The number of aromatic nitrogens is 2. The lowest BCUT2D eigenvalue weighted by atomic mass is 10.1. The second-order valence-corrected chi connectivity index (χ2v) is 7.34. The fraction of sp³-hybridized carbons (Fsp3) is 0.261. The van der Waals surface area contributed by atoms with E-state index in [-0.39, 0.29) is 37.0 Å². The second-order valence-electron chi connectivity index (χ2n) is 7.34. The number of nitrogen functional groups attached to an aromatic ring is 1.